The number of carboxylic acids is 1. The minimum absolute atomic E-state index is 0.137. The van der Waals surface area contributed by atoms with Crippen LogP contribution in [0.15, 0.2) is 0 Å². The first-order valence-electron chi connectivity index (χ1n) is 5.48. The molecular formula is C11H21NO3. The van der Waals surface area contributed by atoms with Crippen molar-refractivity contribution < 1.29 is 14.6 Å². The maximum Gasteiger partial charge on any atom is 0.317 e. The van der Waals surface area contributed by atoms with Gasteiger partial charge in [0.05, 0.1) is 18.8 Å². The van der Waals surface area contributed by atoms with Crippen LogP contribution >= 0.6 is 0 Å². The number of hydrogen-bond donors (Lipinski definition) is 1. The first-order valence-corrected chi connectivity index (χ1v) is 5.48. The van der Waals surface area contributed by atoms with Gasteiger partial charge in [-0.3, -0.25) is 9.69 Å². The molecule has 0 spiro atoms. The van der Waals surface area contributed by atoms with E-state index in [9.17, 15) is 4.79 Å². The number of nitrogens with zero attached hydrogens (tertiary/aromatic N) is 1. The number of hydrogen-bond acceptors (Lipinski definition) is 3. The van der Waals surface area contributed by atoms with E-state index in [1.165, 1.54) is 0 Å². The first-order chi connectivity index (χ1) is 6.88. The first kappa shape index (κ1) is 12.5. The van der Waals surface area contributed by atoms with Crippen molar-refractivity contribution in [3.63, 3.8) is 0 Å². The molecule has 88 valence electrons. The number of carbonyl (C=O) groups is 1. The fraction of sp³-hybridized carbons (Fsp3) is 0.909. The molecule has 0 aromatic heterocycles. The topological polar surface area (TPSA) is 49.8 Å². The quantitative estimate of drug-likeness (QED) is 0.726. The van der Waals surface area contributed by atoms with E-state index in [4.69, 9.17) is 9.84 Å². The van der Waals surface area contributed by atoms with Crippen molar-refractivity contribution in [3.05, 3.63) is 0 Å². The SMILES string of the molecule is CC(C)(C)OCCN(CC(=O)O)C1CC1. The third-order valence-corrected chi connectivity index (χ3v) is 2.32. The Bertz CT molecular complexity index is 218. The average Bonchev–Trinajstić information content (AvgIpc) is 2.81. The van der Waals surface area contributed by atoms with Gasteiger partial charge < -0.3 is 9.84 Å². The second kappa shape index (κ2) is 4.94. The Labute approximate surface area is 91.2 Å². The lowest BCUT2D eigenvalue weighted by Crippen LogP contribution is -2.36. The lowest BCUT2D eigenvalue weighted by Gasteiger charge is -2.24. The molecule has 0 atom stereocenters. The van der Waals surface area contributed by atoms with Gasteiger partial charge in [-0.05, 0) is 33.6 Å². The lowest BCUT2D eigenvalue weighted by molar-refractivity contribution is -0.138. The fourth-order valence-electron chi connectivity index (χ4n) is 1.47. The molecule has 0 heterocycles. The van der Waals surface area contributed by atoms with Crippen molar-refractivity contribution in [2.24, 2.45) is 0 Å². The summed E-state index contributed by atoms with van der Waals surface area (Å²) in [7, 11) is 0. The molecule has 0 bridgehead atoms. The van der Waals surface area contributed by atoms with Crippen molar-refractivity contribution in [2.45, 2.75) is 45.3 Å². The Morgan fingerprint density at radius 1 is 1.47 bits per heavy atom. The van der Waals surface area contributed by atoms with Crippen molar-refractivity contribution in [2.75, 3.05) is 19.7 Å². The number of ether oxygens (including phenoxy) is 1. The molecule has 1 aliphatic rings. The number of aliphatic carboxylic acids is 1. The third kappa shape index (κ3) is 5.74. The van der Waals surface area contributed by atoms with Gasteiger partial charge in [-0.25, -0.2) is 0 Å². The predicted molar refractivity (Wildman–Crippen MR) is 57.9 cm³/mol. The summed E-state index contributed by atoms with van der Waals surface area (Å²) < 4.78 is 5.58. The molecular weight excluding hydrogens is 194 g/mol. The molecule has 1 N–H and O–H groups in total. The Hall–Kier alpha value is -0.610. The Balaban J connectivity index is 2.23. The molecule has 4 heteroatoms. The van der Waals surface area contributed by atoms with Gasteiger partial charge in [0.15, 0.2) is 0 Å². The molecule has 0 unspecified atom stereocenters. The van der Waals surface area contributed by atoms with Gasteiger partial charge in [0.25, 0.3) is 0 Å². The summed E-state index contributed by atoms with van der Waals surface area (Å²) in [6.07, 6.45) is 2.26. The highest BCUT2D eigenvalue weighted by Crippen LogP contribution is 2.26. The second-order valence-electron chi connectivity index (χ2n) is 5.06. The van der Waals surface area contributed by atoms with Crippen LogP contribution in [0.5, 0.6) is 0 Å². The van der Waals surface area contributed by atoms with Gasteiger partial charge in [-0.15, -0.1) is 0 Å². The molecule has 0 radical (unpaired) electrons. The smallest absolute Gasteiger partial charge is 0.317 e. The Kier molecular flexibility index (Phi) is 4.11. The molecule has 4 nitrogen and oxygen atoms in total. The van der Waals surface area contributed by atoms with E-state index in [2.05, 4.69) is 0 Å². The summed E-state index contributed by atoms with van der Waals surface area (Å²) in [5.74, 6) is -0.752. The molecule has 15 heavy (non-hydrogen) atoms. The summed E-state index contributed by atoms with van der Waals surface area (Å²) >= 11 is 0. The van der Waals surface area contributed by atoms with Crippen LogP contribution in [0.25, 0.3) is 0 Å². The summed E-state index contributed by atoms with van der Waals surface area (Å²) in [6, 6.07) is 0.477. The van der Waals surface area contributed by atoms with Crippen molar-refractivity contribution >= 4 is 5.97 Å². The molecule has 0 amide bonds. The van der Waals surface area contributed by atoms with Gasteiger partial charge in [0.2, 0.25) is 0 Å². The predicted octanol–water partition coefficient (Wildman–Crippen LogP) is 1.35. The van der Waals surface area contributed by atoms with Crippen LogP contribution in [0.4, 0.5) is 0 Å². The van der Waals surface area contributed by atoms with E-state index < -0.39 is 5.97 Å². The maximum atomic E-state index is 10.6. The van der Waals surface area contributed by atoms with Crippen molar-refractivity contribution in [1.82, 2.24) is 4.90 Å². The van der Waals surface area contributed by atoms with Crippen LogP contribution in [0.2, 0.25) is 0 Å². The van der Waals surface area contributed by atoms with Gasteiger partial charge in [0.1, 0.15) is 0 Å². The number of rotatable bonds is 6. The van der Waals surface area contributed by atoms with Crippen LogP contribution in [0, 0.1) is 0 Å². The van der Waals surface area contributed by atoms with Crippen molar-refractivity contribution in [1.29, 1.82) is 0 Å². The summed E-state index contributed by atoms with van der Waals surface area (Å²) in [5.41, 5.74) is -0.140. The molecule has 0 saturated heterocycles. The van der Waals surface area contributed by atoms with E-state index in [1.807, 2.05) is 25.7 Å². The molecule has 0 aromatic rings. The van der Waals surface area contributed by atoms with E-state index in [0.29, 0.717) is 19.2 Å². The van der Waals surface area contributed by atoms with E-state index in [0.717, 1.165) is 12.8 Å². The molecule has 1 saturated carbocycles. The highest BCUT2D eigenvalue weighted by atomic mass is 16.5. The van der Waals surface area contributed by atoms with Gasteiger partial charge >= 0.3 is 5.97 Å². The summed E-state index contributed by atoms with van der Waals surface area (Å²) in [6.45, 7) is 7.47. The number of carboxylic acid groups (broad SMARTS) is 1. The van der Waals surface area contributed by atoms with E-state index >= 15 is 0 Å². The van der Waals surface area contributed by atoms with Crippen LogP contribution in [-0.4, -0.2) is 47.3 Å². The zero-order valence-corrected chi connectivity index (χ0v) is 9.82. The van der Waals surface area contributed by atoms with Crippen LogP contribution in [0.3, 0.4) is 0 Å². The molecule has 0 aromatic carbocycles. The lowest BCUT2D eigenvalue weighted by atomic mass is 10.2. The minimum Gasteiger partial charge on any atom is -0.480 e. The largest absolute Gasteiger partial charge is 0.480 e. The van der Waals surface area contributed by atoms with Crippen LogP contribution in [0.1, 0.15) is 33.6 Å². The van der Waals surface area contributed by atoms with Crippen LogP contribution in [-0.2, 0) is 9.53 Å². The average molecular weight is 215 g/mol. The second-order valence-corrected chi connectivity index (χ2v) is 5.06. The van der Waals surface area contributed by atoms with Crippen molar-refractivity contribution in [3.8, 4) is 0 Å². The highest BCUT2D eigenvalue weighted by Gasteiger charge is 2.30. The van der Waals surface area contributed by atoms with E-state index in [1.54, 1.807) is 0 Å². The maximum absolute atomic E-state index is 10.6. The van der Waals surface area contributed by atoms with Gasteiger partial charge in [-0.1, -0.05) is 0 Å². The fourth-order valence-corrected chi connectivity index (χ4v) is 1.47. The minimum atomic E-state index is -0.752. The van der Waals surface area contributed by atoms with Gasteiger partial charge in [0, 0.05) is 12.6 Å². The normalized spacial score (nSPS) is 17.1. The van der Waals surface area contributed by atoms with Gasteiger partial charge in [-0.2, -0.15) is 0 Å². The Morgan fingerprint density at radius 3 is 2.47 bits per heavy atom. The zero-order chi connectivity index (χ0) is 11.5. The van der Waals surface area contributed by atoms with E-state index in [-0.39, 0.29) is 12.1 Å². The summed E-state index contributed by atoms with van der Waals surface area (Å²) in [4.78, 5) is 12.6. The summed E-state index contributed by atoms with van der Waals surface area (Å²) in [5, 5.41) is 8.74. The highest BCUT2D eigenvalue weighted by molar-refractivity contribution is 5.69. The molecule has 1 rings (SSSR count). The zero-order valence-electron chi connectivity index (χ0n) is 9.82. The standard InChI is InChI=1S/C11H21NO3/c1-11(2,3)15-7-6-12(8-10(13)14)9-4-5-9/h9H,4-8H2,1-3H3,(H,13,14). The van der Waals surface area contributed by atoms with Crippen LogP contribution < -0.4 is 0 Å². The molecule has 0 aliphatic heterocycles. The molecule has 1 aliphatic carbocycles. The third-order valence-electron chi connectivity index (χ3n) is 2.32. The Morgan fingerprint density at radius 2 is 2.07 bits per heavy atom. The molecule has 1 fully saturated rings. The monoisotopic (exact) mass is 215 g/mol.